The number of aliphatic hydroxyl groups is 1. The van der Waals surface area contributed by atoms with Gasteiger partial charge in [-0.05, 0) is 55.2 Å². The number of nitrogens with two attached hydrogens (primary N) is 1. The molecule has 4 rings (SSSR count). The average molecular weight is 494 g/mol. The monoisotopic (exact) mass is 493 g/mol. The van der Waals surface area contributed by atoms with Crippen molar-refractivity contribution in [2.75, 3.05) is 20.1 Å². The predicted octanol–water partition coefficient (Wildman–Crippen LogP) is 2.16. The normalized spacial score (nSPS) is 18.5. The van der Waals surface area contributed by atoms with Gasteiger partial charge in [0.05, 0.1) is 23.9 Å². The first kappa shape index (κ1) is 24.6. The van der Waals surface area contributed by atoms with Gasteiger partial charge in [-0.25, -0.2) is 0 Å². The zero-order chi connectivity index (χ0) is 24.8. The Labute approximate surface area is 207 Å². The van der Waals surface area contributed by atoms with E-state index in [2.05, 4.69) is 20.3 Å². The molecular formula is C25H27N5O4S. The number of aliphatic hydroxyl groups excluding tert-OH is 1. The van der Waals surface area contributed by atoms with E-state index in [0.717, 1.165) is 28.2 Å². The van der Waals surface area contributed by atoms with E-state index in [0.29, 0.717) is 47.4 Å². The van der Waals surface area contributed by atoms with E-state index in [1.54, 1.807) is 24.3 Å². The van der Waals surface area contributed by atoms with E-state index in [-0.39, 0.29) is 24.5 Å². The Morgan fingerprint density at radius 1 is 1.29 bits per heavy atom. The van der Waals surface area contributed by atoms with Crippen molar-refractivity contribution in [3.05, 3.63) is 71.4 Å². The molecule has 35 heavy (non-hydrogen) atoms. The zero-order valence-corrected chi connectivity index (χ0v) is 20.1. The first-order chi connectivity index (χ1) is 17.0. The number of fused-ring (bicyclic) bond motifs is 1. The van der Waals surface area contributed by atoms with Crippen LogP contribution in [0.5, 0.6) is 5.75 Å². The summed E-state index contributed by atoms with van der Waals surface area (Å²) in [6, 6.07) is 16.3. The number of hydrogen-bond donors (Lipinski definition) is 3. The molecule has 1 fully saturated rings. The van der Waals surface area contributed by atoms with Crippen molar-refractivity contribution < 1.29 is 19.4 Å². The lowest BCUT2D eigenvalue weighted by atomic mass is 10.0. The average Bonchev–Trinajstić information content (AvgIpc) is 3.25. The molecule has 182 valence electrons. The molecule has 1 aliphatic rings. The van der Waals surface area contributed by atoms with Crippen LogP contribution in [0.15, 0.2) is 59.7 Å². The number of nitrogens with one attached hydrogen (secondary N) is 1. The highest BCUT2D eigenvalue weighted by molar-refractivity contribution is 8.24. The lowest BCUT2D eigenvalue weighted by Crippen LogP contribution is -2.42. The first-order valence-electron chi connectivity index (χ1n) is 11.1. The van der Waals surface area contributed by atoms with Gasteiger partial charge >= 0.3 is 0 Å². The second kappa shape index (κ2) is 11.3. The van der Waals surface area contributed by atoms with Gasteiger partial charge < -0.3 is 25.9 Å². The van der Waals surface area contributed by atoms with Crippen LogP contribution >= 0.6 is 11.8 Å². The molecule has 9 nitrogen and oxygen atoms in total. The van der Waals surface area contributed by atoms with Gasteiger partial charge in [-0.2, -0.15) is 5.10 Å². The second-order valence-corrected chi connectivity index (χ2v) is 9.20. The van der Waals surface area contributed by atoms with Crippen molar-refractivity contribution in [2.45, 2.75) is 19.3 Å². The Morgan fingerprint density at radius 3 is 2.77 bits per heavy atom. The Bertz CT molecular complexity index is 1230. The van der Waals surface area contributed by atoms with Crippen LogP contribution in [0.1, 0.15) is 21.6 Å². The van der Waals surface area contributed by atoms with Crippen LogP contribution in [0.2, 0.25) is 0 Å². The summed E-state index contributed by atoms with van der Waals surface area (Å²) >= 11 is 0.943. The van der Waals surface area contributed by atoms with Crippen LogP contribution in [-0.2, 0) is 18.0 Å². The Kier molecular flexibility index (Phi) is 7.96. The van der Waals surface area contributed by atoms with Crippen LogP contribution in [0.3, 0.4) is 0 Å². The maximum absolute atomic E-state index is 12.9. The highest BCUT2D eigenvalue weighted by atomic mass is 32.2. The lowest BCUT2D eigenvalue weighted by Gasteiger charge is -2.20. The number of para-hydroxylation sites is 1. The van der Waals surface area contributed by atoms with Crippen molar-refractivity contribution in [2.24, 2.45) is 16.9 Å². The van der Waals surface area contributed by atoms with Gasteiger partial charge in [0.2, 0.25) is 0 Å². The summed E-state index contributed by atoms with van der Waals surface area (Å²) in [4.78, 5) is 30.3. The first-order valence-corrected chi connectivity index (χ1v) is 12.0. The molecule has 10 heteroatoms. The third kappa shape index (κ3) is 5.79. The number of aromatic nitrogens is 1. The molecule has 2 unspecified atom stereocenters. The summed E-state index contributed by atoms with van der Waals surface area (Å²) in [7, 11) is 1.94. The van der Waals surface area contributed by atoms with Crippen molar-refractivity contribution >= 4 is 39.2 Å². The highest BCUT2D eigenvalue weighted by Gasteiger charge is 2.36. The molecule has 1 aliphatic heterocycles. The number of amides is 1. The lowest BCUT2D eigenvalue weighted by molar-refractivity contribution is 0.0935. The van der Waals surface area contributed by atoms with Crippen LogP contribution < -0.4 is 15.9 Å². The zero-order valence-electron chi connectivity index (χ0n) is 19.3. The summed E-state index contributed by atoms with van der Waals surface area (Å²) in [5.74, 6) is 5.72. The maximum atomic E-state index is 12.9. The van der Waals surface area contributed by atoms with E-state index in [9.17, 15) is 14.7 Å². The fraction of sp³-hybridized carbons (Fsp3) is 0.280. The second-order valence-electron chi connectivity index (χ2n) is 8.35. The summed E-state index contributed by atoms with van der Waals surface area (Å²) in [5.41, 5.74) is 3.50. The standard InChI is InChI=1S/C25H27N5O4S/c1-30-11-21(25(29-26)35-15-32)23(12-30)28-24(33)16-6-8-19(9-7-16)34-14-17-10-18(13-31)27-22-5-3-2-4-20(17)22/h2-10,15,21,23,31H,11-14,26H2,1H3,(H,28,33)/b29-25-. The summed E-state index contributed by atoms with van der Waals surface area (Å²) in [6.45, 7) is 1.43. The van der Waals surface area contributed by atoms with Crippen molar-refractivity contribution in [3.63, 3.8) is 0 Å². The molecule has 3 aromatic rings. The van der Waals surface area contributed by atoms with Gasteiger partial charge in [-0.1, -0.05) is 18.2 Å². The van der Waals surface area contributed by atoms with Crippen LogP contribution in [0, 0.1) is 5.92 Å². The van der Waals surface area contributed by atoms with Gasteiger partial charge in [0, 0.05) is 35.5 Å². The van der Waals surface area contributed by atoms with Gasteiger partial charge in [-0.3, -0.25) is 14.6 Å². The molecule has 0 bridgehead atoms. The molecule has 1 amide bonds. The fourth-order valence-electron chi connectivity index (χ4n) is 4.28. The number of hydrazone groups is 1. The molecule has 4 N–H and O–H groups in total. The highest BCUT2D eigenvalue weighted by Crippen LogP contribution is 2.24. The summed E-state index contributed by atoms with van der Waals surface area (Å²) in [6.07, 6.45) is 0. The van der Waals surface area contributed by atoms with E-state index < -0.39 is 0 Å². The summed E-state index contributed by atoms with van der Waals surface area (Å²) in [5, 5.41) is 17.8. The number of thioether (sulfide) groups is 1. The minimum absolute atomic E-state index is 0.147. The number of rotatable bonds is 8. The van der Waals surface area contributed by atoms with E-state index >= 15 is 0 Å². The topological polar surface area (TPSA) is 130 Å². The number of carbonyl (C=O) groups is 2. The largest absolute Gasteiger partial charge is 0.489 e. The summed E-state index contributed by atoms with van der Waals surface area (Å²) < 4.78 is 5.96. The number of carbonyl (C=O) groups excluding carboxylic acids is 2. The molecule has 2 aromatic carbocycles. The third-order valence-electron chi connectivity index (χ3n) is 5.96. The molecule has 0 aliphatic carbocycles. The molecule has 0 spiro atoms. The Balaban J connectivity index is 1.42. The molecular weight excluding hydrogens is 466 g/mol. The molecule has 2 heterocycles. The van der Waals surface area contributed by atoms with Crippen LogP contribution in [0.4, 0.5) is 0 Å². The fourth-order valence-corrected chi connectivity index (χ4v) is 4.86. The van der Waals surface area contributed by atoms with Crippen molar-refractivity contribution in [1.82, 2.24) is 15.2 Å². The molecule has 2 atom stereocenters. The number of ether oxygens (including phenoxy) is 1. The van der Waals surface area contributed by atoms with Crippen LogP contribution in [0.25, 0.3) is 10.9 Å². The molecule has 1 saturated heterocycles. The number of pyridine rings is 1. The van der Waals surface area contributed by atoms with Crippen molar-refractivity contribution in [3.8, 4) is 5.75 Å². The minimum atomic E-state index is -0.220. The molecule has 0 saturated carbocycles. The van der Waals surface area contributed by atoms with Gasteiger partial charge in [0.25, 0.3) is 5.91 Å². The van der Waals surface area contributed by atoms with Gasteiger partial charge in [-0.15, -0.1) is 0 Å². The SMILES string of the molecule is CN1CC(NC(=O)c2ccc(OCc3cc(CO)nc4ccccc34)cc2)C(/C(=N/N)SC=O)C1. The van der Waals surface area contributed by atoms with Crippen molar-refractivity contribution in [1.29, 1.82) is 0 Å². The number of hydrogen-bond acceptors (Lipinski definition) is 9. The Morgan fingerprint density at radius 2 is 2.06 bits per heavy atom. The van der Waals surface area contributed by atoms with E-state index in [1.165, 1.54) is 0 Å². The number of nitrogens with zero attached hydrogens (tertiary/aromatic N) is 3. The minimum Gasteiger partial charge on any atom is -0.489 e. The number of likely N-dealkylation sites (N-methyl/N-ethyl adjacent to an activating group) is 1. The van der Waals surface area contributed by atoms with Gasteiger partial charge in [0.15, 0.2) is 5.62 Å². The number of benzene rings is 2. The van der Waals surface area contributed by atoms with E-state index in [1.807, 2.05) is 37.4 Å². The third-order valence-corrected chi connectivity index (χ3v) is 6.71. The smallest absolute Gasteiger partial charge is 0.251 e. The maximum Gasteiger partial charge on any atom is 0.251 e. The molecule has 1 aromatic heterocycles. The number of likely N-dealkylation sites (tertiary alicyclic amines) is 1. The quantitative estimate of drug-likeness (QED) is 0.143. The molecule has 0 radical (unpaired) electrons. The van der Waals surface area contributed by atoms with Crippen LogP contribution in [-0.4, -0.2) is 57.7 Å². The Hall–Kier alpha value is -3.47. The van der Waals surface area contributed by atoms with Gasteiger partial charge in [0.1, 0.15) is 17.4 Å². The predicted molar refractivity (Wildman–Crippen MR) is 137 cm³/mol. The van der Waals surface area contributed by atoms with E-state index in [4.69, 9.17) is 10.6 Å².